The molecule has 4 nitrogen and oxygen atoms in total. The van der Waals surface area contributed by atoms with Crippen molar-refractivity contribution in [3.05, 3.63) is 0 Å². The third kappa shape index (κ3) is 5.83. The predicted octanol–water partition coefficient (Wildman–Crippen LogP) is 2.51. The highest BCUT2D eigenvalue weighted by Crippen LogP contribution is 2.17. The molecule has 0 aromatic heterocycles. The number of rotatable bonds is 9. The van der Waals surface area contributed by atoms with E-state index in [1.165, 1.54) is 7.11 Å². The van der Waals surface area contributed by atoms with E-state index < -0.39 is 5.54 Å². The first-order valence-corrected chi connectivity index (χ1v) is 6.72. The number of nitrogens with one attached hydrogen (secondary N) is 1. The first kappa shape index (κ1) is 17.4. The summed E-state index contributed by atoms with van der Waals surface area (Å²) in [6.45, 7) is 8.92. The van der Waals surface area contributed by atoms with Gasteiger partial charge in [-0.1, -0.05) is 6.92 Å². The zero-order valence-electron chi connectivity index (χ0n) is 12.8. The van der Waals surface area contributed by atoms with Gasteiger partial charge in [-0.25, -0.2) is 0 Å². The van der Waals surface area contributed by atoms with Crippen LogP contribution in [0.25, 0.3) is 0 Å². The van der Waals surface area contributed by atoms with Gasteiger partial charge in [0.1, 0.15) is 5.54 Å². The fourth-order valence-corrected chi connectivity index (χ4v) is 1.59. The molecule has 1 unspecified atom stereocenters. The number of ether oxygens (including phenoxy) is 2. The number of unbranched alkanes of at least 4 members (excludes halogenated alkanes) is 1. The second-order valence-corrected chi connectivity index (χ2v) is 5.49. The summed E-state index contributed by atoms with van der Waals surface area (Å²) in [6.07, 6.45) is 3.65. The lowest BCUT2D eigenvalue weighted by Crippen LogP contribution is -2.48. The van der Waals surface area contributed by atoms with E-state index in [-0.39, 0.29) is 11.6 Å². The van der Waals surface area contributed by atoms with Crippen molar-refractivity contribution in [1.82, 2.24) is 5.32 Å². The number of hydrogen-bond acceptors (Lipinski definition) is 4. The lowest BCUT2D eigenvalue weighted by Gasteiger charge is -2.27. The quantitative estimate of drug-likeness (QED) is 0.510. The molecule has 0 spiro atoms. The van der Waals surface area contributed by atoms with Crippen LogP contribution in [0.5, 0.6) is 0 Å². The van der Waals surface area contributed by atoms with Gasteiger partial charge in [0.2, 0.25) is 0 Å². The van der Waals surface area contributed by atoms with Crippen LogP contribution in [-0.2, 0) is 14.3 Å². The largest absolute Gasteiger partial charge is 0.468 e. The second-order valence-electron chi connectivity index (χ2n) is 5.49. The van der Waals surface area contributed by atoms with Crippen molar-refractivity contribution >= 4 is 5.97 Å². The van der Waals surface area contributed by atoms with Crippen molar-refractivity contribution in [3.63, 3.8) is 0 Å². The van der Waals surface area contributed by atoms with Gasteiger partial charge in [-0.15, -0.1) is 0 Å². The Hall–Kier alpha value is -0.610. The third-order valence-electron chi connectivity index (χ3n) is 3.60. The van der Waals surface area contributed by atoms with Crippen molar-refractivity contribution in [1.29, 1.82) is 0 Å². The SMILES string of the molecule is CCC(C)(C)OCCCCC(C)(NC)C(=O)OC. The van der Waals surface area contributed by atoms with Gasteiger partial charge in [-0.2, -0.15) is 0 Å². The lowest BCUT2D eigenvalue weighted by molar-refractivity contribution is -0.148. The predicted molar refractivity (Wildman–Crippen MR) is 73.7 cm³/mol. The lowest BCUT2D eigenvalue weighted by atomic mass is 9.95. The van der Waals surface area contributed by atoms with Crippen LogP contribution in [0, 0.1) is 0 Å². The first-order chi connectivity index (χ1) is 8.31. The Kier molecular flexibility index (Phi) is 7.48. The topological polar surface area (TPSA) is 47.6 Å². The summed E-state index contributed by atoms with van der Waals surface area (Å²) in [6, 6.07) is 0. The summed E-state index contributed by atoms with van der Waals surface area (Å²) in [5.41, 5.74) is -0.635. The molecule has 0 aliphatic rings. The summed E-state index contributed by atoms with van der Waals surface area (Å²) in [4.78, 5) is 11.6. The maximum absolute atomic E-state index is 11.6. The zero-order chi connectivity index (χ0) is 14.2. The smallest absolute Gasteiger partial charge is 0.325 e. The molecule has 108 valence electrons. The summed E-state index contributed by atoms with van der Waals surface area (Å²) >= 11 is 0. The second kappa shape index (κ2) is 7.74. The monoisotopic (exact) mass is 259 g/mol. The molecule has 0 rings (SSSR count). The first-order valence-electron chi connectivity index (χ1n) is 6.72. The molecule has 1 N–H and O–H groups in total. The van der Waals surface area contributed by atoms with Gasteiger partial charge in [0.05, 0.1) is 12.7 Å². The molecule has 0 aliphatic heterocycles. The molecule has 1 atom stereocenters. The van der Waals surface area contributed by atoms with Gasteiger partial charge in [-0.3, -0.25) is 4.79 Å². The van der Waals surface area contributed by atoms with Gasteiger partial charge >= 0.3 is 5.97 Å². The highest BCUT2D eigenvalue weighted by Gasteiger charge is 2.31. The van der Waals surface area contributed by atoms with Crippen molar-refractivity contribution in [2.45, 2.75) is 64.5 Å². The van der Waals surface area contributed by atoms with Crippen LogP contribution >= 0.6 is 0 Å². The van der Waals surface area contributed by atoms with E-state index in [0.29, 0.717) is 0 Å². The van der Waals surface area contributed by atoms with Gasteiger partial charge in [-0.05, 0) is 53.5 Å². The molecule has 0 radical (unpaired) electrons. The van der Waals surface area contributed by atoms with Gasteiger partial charge in [0, 0.05) is 6.61 Å². The van der Waals surface area contributed by atoms with Crippen molar-refractivity contribution in [2.24, 2.45) is 0 Å². The highest BCUT2D eigenvalue weighted by atomic mass is 16.5. The van der Waals surface area contributed by atoms with Gasteiger partial charge < -0.3 is 14.8 Å². The maximum Gasteiger partial charge on any atom is 0.325 e. The number of likely N-dealkylation sites (N-methyl/N-ethyl adjacent to an activating group) is 1. The van der Waals surface area contributed by atoms with E-state index >= 15 is 0 Å². The van der Waals surface area contributed by atoms with E-state index in [0.717, 1.165) is 32.3 Å². The van der Waals surface area contributed by atoms with Crippen LogP contribution in [0.3, 0.4) is 0 Å². The minimum atomic E-state index is -0.588. The van der Waals surface area contributed by atoms with Crippen molar-refractivity contribution in [2.75, 3.05) is 20.8 Å². The van der Waals surface area contributed by atoms with E-state index in [2.05, 4.69) is 26.1 Å². The van der Waals surface area contributed by atoms with Crippen LogP contribution in [-0.4, -0.2) is 37.9 Å². The molecule has 0 bridgehead atoms. The number of methoxy groups -OCH3 is 1. The van der Waals surface area contributed by atoms with Crippen LogP contribution < -0.4 is 5.32 Å². The number of esters is 1. The Labute approximate surface area is 111 Å². The average Bonchev–Trinajstić information content (AvgIpc) is 2.36. The fourth-order valence-electron chi connectivity index (χ4n) is 1.59. The van der Waals surface area contributed by atoms with Crippen molar-refractivity contribution in [3.8, 4) is 0 Å². The molecular weight excluding hydrogens is 230 g/mol. The highest BCUT2D eigenvalue weighted by molar-refractivity contribution is 5.80. The molecule has 18 heavy (non-hydrogen) atoms. The standard InChI is InChI=1S/C14H29NO3/c1-7-13(2,3)18-11-9-8-10-14(4,15-5)12(16)17-6/h15H,7-11H2,1-6H3. The van der Waals surface area contributed by atoms with Crippen LogP contribution in [0.15, 0.2) is 0 Å². The number of hydrogen-bond donors (Lipinski definition) is 1. The fraction of sp³-hybridized carbons (Fsp3) is 0.929. The summed E-state index contributed by atoms with van der Waals surface area (Å²) < 4.78 is 10.6. The van der Waals surface area contributed by atoms with Crippen LogP contribution in [0.4, 0.5) is 0 Å². The zero-order valence-corrected chi connectivity index (χ0v) is 12.8. The van der Waals surface area contributed by atoms with Crippen LogP contribution in [0.2, 0.25) is 0 Å². The van der Waals surface area contributed by atoms with E-state index in [1.54, 1.807) is 7.05 Å². The molecular formula is C14H29NO3. The molecule has 0 aromatic carbocycles. The number of carbonyl (C=O) groups excluding carboxylic acids is 1. The molecule has 0 fully saturated rings. The summed E-state index contributed by atoms with van der Waals surface area (Å²) in [5.74, 6) is -0.209. The normalized spacial score (nSPS) is 15.2. The minimum absolute atomic E-state index is 0.0470. The minimum Gasteiger partial charge on any atom is -0.468 e. The van der Waals surface area contributed by atoms with E-state index in [9.17, 15) is 4.79 Å². The van der Waals surface area contributed by atoms with Crippen molar-refractivity contribution < 1.29 is 14.3 Å². The van der Waals surface area contributed by atoms with Gasteiger partial charge in [0.15, 0.2) is 0 Å². The molecule has 4 heteroatoms. The average molecular weight is 259 g/mol. The number of carbonyl (C=O) groups is 1. The van der Waals surface area contributed by atoms with E-state index in [1.807, 2.05) is 6.92 Å². The third-order valence-corrected chi connectivity index (χ3v) is 3.60. The molecule has 0 amide bonds. The van der Waals surface area contributed by atoms with Gasteiger partial charge in [0.25, 0.3) is 0 Å². The molecule has 0 aliphatic carbocycles. The molecule has 0 saturated carbocycles. The van der Waals surface area contributed by atoms with E-state index in [4.69, 9.17) is 9.47 Å². The Bertz CT molecular complexity index is 253. The molecule has 0 heterocycles. The summed E-state index contributed by atoms with van der Waals surface area (Å²) in [5, 5.41) is 3.03. The van der Waals surface area contributed by atoms with Crippen LogP contribution in [0.1, 0.15) is 53.4 Å². The Balaban J connectivity index is 3.93. The Morgan fingerprint density at radius 3 is 2.28 bits per heavy atom. The maximum atomic E-state index is 11.6. The Morgan fingerprint density at radius 2 is 1.83 bits per heavy atom. The summed E-state index contributed by atoms with van der Waals surface area (Å²) in [7, 11) is 3.21. The Morgan fingerprint density at radius 1 is 1.22 bits per heavy atom. The molecule has 0 aromatic rings. The molecule has 0 saturated heterocycles.